The van der Waals surface area contributed by atoms with Crippen molar-refractivity contribution in [3.8, 4) is 0 Å². The Hall–Kier alpha value is -1.87. The Kier molecular flexibility index (Phi) is 6.60. The molecule has 2 rings (SSSR count). The van der Waals surface area contributed by atoms with Crippen molar-refractivity contribution in [2.45, 2.75) is 12.5 Å². The summed E-state index contributed by atoms with van der Waals surface area (Å²) < 4.78 is 0.678. The zero-order valence-electron chi connectivity index (χ0n) is 12.4. The molecule has 9 heteroatoms. The Balaban J connectivity index is 2.07. The van der Waals surface area contributed by atoms with Crippen molar-refractivity contribution < 1.29 is 9.59 Å². The summed E-state index contributed by atoms with van der Waals surface area (Å²) in [5.74, 6) is 0.344. The number of thioether (sulfide) groups is 1. The van der Waals surface area contributed by atoms with Crippen LogP contribution in [0.25, 0.3) is 0 Å². The number of halogens is 1. The first kappa shape index (κ1) is 17.5. The summed E-state index contributed by atoms with van der Waals surface area (Å²) in [5, 5.41) is 11.6. The molecule has 0 aliphatic carbocycles. The molecule has 0 bridgehead atoms. The first-order chi connectivity index (χ1) is 11.1. The first-order valence-corrected chi connectivity index (χ1v) is 9.01. The van der Waals surface area contributed by atoms with Crippen LogP contribution in [0.15, 0.2) is 35.1 Å². The molecule has 0 radical (unpaired) electrons. The zero-order chi connectivity index (χ0) is 16.7. The number of nitrogens with one attached hydrogen (secondary N) is 3. The molecule has 7 nitrogen and oxygen atoms in total. The maximum absolute atomic E-state index is 12.4. The van der Waals surface area contributed by atoms with Crippen LogP contribution >= 0.6 is 27.7 Å². The quantitative estimate of drug-likeness (QED) is 0.663. The van der Waals surface area contributed by atoms with Gasteiger partial charge >= 0.3 is 0 Å². The van der Waals surface area contributed by atoms with Crippen LogP contribution in [0.1, 0.15) is 16.8 Å². The Labute approximate surface area is 146 Å². The number of carbonyl (C=O) groups is 2. The number of aromatic amines is 1. The van der Waals surface area contributed by atoms with Crippen LogP contribution in [-0.4, -0.2) is 45.0 Å². The third-order valence-electron chi connectivity index (χ3n) is 3.01. The third-order valence-corrected chi connectivity index (χ3v) is 4.34. The van der Waals surface area contributed by atoms with Gasteiger partial charge in [0.25, 0.3) is 5.91 Å². The van der Waals surface area contributed by atoms with Crippen LogP contribution in [0.5, 0.6) is 0 Å². The summed E-state index contributed by atoms with van der Waals surface area (Å²) in [6, 6.07) is 6.40. The maximum atomic E-state index is 12.4. The summed E-state index contributed by atoms with van der Waals surface area (Å²) in [6.07, 6.45) is 3.75. The Bertz CT molecular complexity index is 665. The second kappa shape index (κ2) is 8.68. The average molecular weight is 398 g/mol. The minimum absolute atomic E-state index is 0.249. The van der Waals surface area contributed by atoms with Crippen molar-refractivity contribution in [1.29, 1.82) is 0 Å². The van der Waals surface area contributed by atoms with Gasteiger partial charge in [0.1, 0.15) is 12.4 Å². The summed E-state index contributed by atoms with van der Waals surface area (Å²) in [4.78, 5) is 28.6. The van der Waals surface area contributed by atoms with E-state index in [4.69, 9.17) is 0 Å². The van der Waals surface area contributed by atoms with E-state index in [-0.39, 0.29) is 17.8 Å². The van der Waals surface area contributed by atoms with E-state index >= 15 is 0 Å². The monoisotopic (exact) mass is 397 g/mol. The van der Waals surface area contributed by atoms with Gasteiger partial charge in [-0.15, -0.1) is 0 Å². The van der Waals surface area contributed by atoms with E-state index < -0.39 is 6.04 Å². The van der Waals surface area contributed by atoms with E-state index in [1.807, 2.05) is 12.3 Å². The van der Waals surface area contributed by atoms with Crippen LogP contribution in [0.2, 0.25) is 0 Å². The highest BCUT2D eigenvalue weighted by Gasteiger charge is 2.22. The van der Waals surface area contributed by atoms with Gasteiger partial charge in [0.2, 0.25) is 11.9 Å². The highest BCUT2D eigenvalue weighted by molar-refractivity contribution is 9.10. The number of benzene rings is 1. The lowest BCUT2D eigenvalue weighted by Gasteiger charge is -2.17. The van der Waals surface area contributed by atoms with Gasteiger partial charge in [0.05, 0.1) is 5.56 Å². The molecule has 23 heavy (non-hydrogen) atoms. The molecule has 0 aliphatic rings. The predicted molar refractivity (Wildman–Crippen MR) is 93.4 cm³/mol. The molecule has 1 atom stereocenters. The highest BCUT2D eigenvalue weighted by Crippen LogP contribution is 2.16. The molecule has 1 heterocycles. The highest BCUT2D eigenvalue weighted by atomic mass is 79.9. The smallest absolute Gasteiger partial charge is 0.253 e. The minimum Gasteiger partial charge on any atom is -0.340 e. The first-order valence-electron chi connectivity index (χ1n) is 6.82. The maximum Gasteiger partial charge on any atom is 0.253 e. The van der Waals surface area contributed by atoms with E-state index in [2.05, 4.69) is 41.7 Å². The second-order valence-electron chi connectivity index (χ2n) is 4.61. The molecule has 122 valence electrons. The molecule has 2 aromatic rings. The number of rotatable bonds is 7. The number of carbonyl (C=O) groups excluding carboxylic acids is 2. The fourth-order valence-corrected chi connectivity index (χ4v) is 2.79. The van der Waals surface area contributed by atoms with E-state index in [9.17, 15) is 9.59 Å². The van der Waals surface area contributed by atoms with Gasteiger partial charge in [-0.25, -0.2) is 5.10 Å². The lowest BCUT2D eigenvalue weighted by atomic mass is 10.1. The fraction of sp³-hybridized carbons (Fsp3) is 0.286. The van der Waals surface area contributed by atoms with Crippen molar-refractivity contribution in [3.05, 3.63) is 40.6 Å². The molecule has 0 saturated carbocycles. The average Bonchev–Trinajstić information content (AvgIpc) is 3.04. The molecule has 1 aromatic carbocycles. The van der Waals surface area contributed by atoms with Crippen LogP contribution in [0, 0.1) is 0 Å². The normalized spacial score (nSPS) is 11.7. The van der Waals surface area contributed by atoms with E-state index in [0.717, 1.165) is 5.75 Å². The zero-order valence-corrected chi connectivity index (χ0v) is 14.8. The lowest BCUT2D eigenvalue weighted by Crippen LogP contribution is -2.44. The standard InChI is InChI=1S/C14H16BrN5O2S/c1-23-7-6-11(13(22)19-14-16-8-17-20-14)18-12(21)9-4-2-3-5-10(9)15/h2-5,8,11H,6-7H2,1H3,(H,18,21)(H2,16,17,19,20,22). The molecule has 1 aromatic heterocycles. The van der Waals surface area contributed by atoms with Crippen LogP contribution in [-0.2, 0) is 4.79 Å². The molecular formula is C14H16BrN5O2S. The van der Waals surface area contributed by atoms with Crippen molar-refractivity contribution in [1.82, 2.24) is 20.5 Å². The van der Waals surface area contributed by atoms with Gasteiger partial charge in [0.15, 0.2) is 0 Å². The van der Waals surface area contributed by atoms with Gasteiger partial charge in [-0.2, -0.15) is 21.8 Å². The van der Waals surface area contributed by atoms with Crippen molar-refractivity contribution in [2.24, 2.45) is 0 Å². The second-order valence-corrected chi connectivity index (χ2v) is 6.45. The van der Waals surface area contributed by atoms with Crippen molar-refractivity contribution >= 4 is 45.5 Å². The summed E-state index contributed by atoms with van der Waals surface area (Å²) >= 11 is 4.94. The van der Waals surface area contributed by atoms with Crippen LogP contribution in [0.3, 0.4) is 0 Å². The number of amides is 2. The Morgan fingerprint density at radius 3 is 2.83 bits per heavy atom. The fourth-order valence-electron chi connectivity index (χ4n) is 1.86. The summed E-state index contributed by atoms with van der Waals surface area (Å²) in [5.41, 5.74) is 0.481. The number of hydrogen-bond acceptors (Lipinski definition) is 5. The van der Waals surface area contributed by atoms with Gasteiger partial charge in [0, 0.05) is 4.47 Å². The minimum atomic E-state index is -0.660. The topological polar surface area (TPSA) is 99.8 Å². The van der Waals surface area contributed by atoms with E-state index in [0.29, 0.717) is 16.5 Å². The number of hydrogen-bond donors (Lipinski definition) is 3. The van der Waals surface area contributed by atoms with Crippen molar-refractivity contribution in [3.63, 3.8) is 0 Å². The number of nitrogens with zero attached hydrogens (tertiary/aromatic N) is 2. The van der Waals surface area contributed by atoms with E-state index in [1.165, 1.54) is 6.33 Å². The van der Waals surface area contributed by atoms with E-state index in [1.54, 1.807) is 30.0 Å². The van der Waals surface area contributed by atoms with Crippen LogP contribution < -0.4 is 10.6 Å². The molecule has 2 amide bonds. The lowest BCUT2D eigenvalue weighted by molar-refractivity contribution is -0.118. The molecule has 0 saturated heterocycles. The third kappa shape index (κ3) is 5.07. The number of aromatic nitrogens is 3. The Morgan fingerprint density at radius 2 is 2.17 bits per heavy atom. The molecule has 0 aliphatic heterocycles. The summed E-state index contributed by atoms with van der Waals surface area (Å²) in [7, 11) is 0. The molecule has 0 spiro atoms. The SMILES string of the molecule is CSCCC(NC(=O)c1ccccc1Br)C(=O)Nc1ncn[nH]1. The van der Waals surface area contributed by atoms with Crippen molar-refractivity contribution in [2.75, 3.05) is 17.3 Å². The summed E-state index contributed by atoms with van der Waals surface area (Å²) in [6.45, 7) is 0. The predicted octanol–water partition coefficient (Wildman–Crippen LogP) is 2.06. The van der Waals surface area contributed by atoms with Gasteiger partial charge in [-0.1, -0.05) is 12.1 Å². The van der Waals surface area contributed by atoms with Gasteiger partial charge < -0.3 is 5.32 Å². The number of anilines is 1. The molecule has 0 fully saturated rings. The van der Waals surface area contributed by atoms with Gasteiger partial charge in [-0.05, 0) is 46.5 Å². The largest absolute Gasteiger partial charge is 0.340 e. The molecule has 1 unspecified atom stereocenters. The Morgan fingerprint density at radius 1 is 1.39 bits per heavy atom. The molecule has 3 N–H and O–H groups in total. The van der Waals surface area contributed by atoms with Crippen LogP contribution in [0.4, 0.5) is 5.95 Å². The molecular weight excluding hydrogens is 382 g/mol. The number of H-pyrrole nitrogens is 1. The van der Waals surface area contributed by atoms with Gasteiger partial charge in [-0.3, -0.25) is 14.9 Å².